The van der Waals surface area contributed by atoms with Gasteiger partial charge in [-0.15, -0.1) is 0 Å². The molecule has 0 aliphatic rings. The van der Waals surface area contributed by atoms with Crippen LogP contribution in [0.2, 0.25) is 0 Å². The van der Waals surface area contributed by atoms with Crippen LogP contribution in [0.3, 0.4) is 0 Å². The lowest BCUT2D eigenvalue weighted by Crippen LogP contribution is -2.12. The number of amides is 2. The van der Waals surface area contributed by atoms with Gasteiger partial charge in [-0.3, -0.25) is 14.6 Å². The number of hydrogen-bond acceptors (Lipinski definition) is 7. The van der Waals surface area contributed by atoms with E-state index >= 15 is 0 Å². The SMILES string of the molecule is Cc1ccncc1-c1cc2cc(NC(=O)/C=C/C(=O)Nc3ccc(CC#N)cc3)ncc2c(N)n1. The van der Waals surface area contributed by atoms with E-state index in [4.69, 9.17) is 11.0 Å². The van der Waals surface area contributed by atoms with Crippen molar-refractivity contribution in [2.75, 3.05) is 16.4 Å². The Morgan fingerprint density at radius 2 is 1.80 bits per heavy atom. The lowest BCUT2D eigenvalue weighted by molar-refractivity contribution is -0.114. The number of fused-ring (bicyclic) bond motifs is 1. The first-order valence-corrected chi connectivity index (χ1v) is 10.7. The zero-order chi connectivity index (χ0) is 24.8. The second-order valence-corrected chi connectivity index (χ2v) is 7.72. The van der Waals surface area contributed by atoms with Gasteiger partial charge in [0.1, 0.15) is 11.6 Å². The number of hydrogen-bond donors (Lipinski definition) is 3. The summed E-state index contributed by atoms with van der Waals surface area (Å²) in [7, 11) is 0. The lowest BCUT2D eigenvalue weighted by Gasteiger charge is -2.09. The van der Waals surface area contributed by atoms with Crippen molar-refractivity contribution in [1.82, 2.24) is 15.0 Å². The molecule has 35 heavy (non-hydrogen) atoms. The molecule has 2 amide bonds. The average Bonchev–Trinajstić information content (AvgIpc) is 2.84. The number of aryl methyl sites for hydroxylation is 1. The number of carbonyl (C=O) groups is 2. The highest BCUT2D eigenvalue weighted by Gasteiger charge is 2.10. The highest BCUT2D eigenvalue weighted by molar-refractivity contribution is 6.07. The topological polar surface area (TPSA) is 147 Å². The number of nitriles is 1. The molecule has 0 bridgehead atoms. The van der Waals surface area contributed by atoms with E-state index in [-0.39, 0.29) is 0 Å². The minimum absolute atomic E-state index is 0.296. The number of aromatic nitrogens is 3. The fourth-order valence-electron chi connectivity index (χ4n) is 3.41. The van der Waals surface area contributed by atoms with Gasteiger partial charge in [0.25, 0.3) is 0 Å². The lowest BCUT2D eigenvalue weighted by atomic mass is 10.1. The van der Waals surface area contributed by atoms with Crippen molar-refractivity contribution >= 4 is 39.9 Å². The molecule has 0 unspecified atom stereocenters. The van der Waals surface area contributed by atoms with Crippen LogP contribution in [0, 0.1) is 18.3 Å². The summed E-state index contributed by atoms with van der Waals surface area (Å²) in [5.74, 6) is -0.347. The molecule has 0 aliphatic heterocycles. The van der Waals surface area contributed by atoms with Gasteiger partial charge < -0.3 is 16.4 Å². The van der Waals surface area contributed by atoms with Crippen molar-refractivity contribution in [1.29, 1.82) is 5.26 Å². The number of anilines is 3. The summed E-state index contributed by atoms with van der Waals surface area (Å²) < 4.78 is 0. The second kappa shape index (κ2) is 10.2. The van der Waals surface area contributed by atoms with Gasteiger partial charge in [-0.1, -0.05) is 12.1 Å². The summed E-state index contributed by atoms with van der Waals surface area (Å²) in [5.41, 5.74) is 10.1. The third kappa shape index (κ3) is 5.64. The van der Waals surface area contributed by atoms with E-state index in [0.717, 1.165) is 34.2 Å². The Morgan fingerprint density at radius 1 is 1.06 bits per heavy atom. The molecule has 9 nitrogen and oxygen atoms in total. The molecule has 9 heteroatoms. The number of nitrogens with one attached hydrogen (secondary N) is 2. The number of rotatable bonds is 6. The summed E-state index contributed by atoms with van der Waals surface area (Å²) in [6.45, 7) is 1.96. The maximum Gasteiger partial charge on any atom is 0.249 e. The zero-order valence-electron chi connectivity index (χ0n) is 18.8. The Hall–Kier alpha value is -5.10. The molecule has 4 aromatic rings. The molecular weight excluding hydrogens is 442 g/mol. The van der Waals surface area contributed by atoms with Gasteiger partial charge in [0.05, 0.1) is 18.2 Å². The van der Waals surface area contributed by atoms with Crippen LogP contribution in [0.1, 0.15) is 11.1 Å². The summed E-state index contributed by atoms with van der Waals surface area (Å²) in [4.78, 5) is 37.3. The molecule has 3 aromatic heterocycles. The van der Waals surface area contributed by atoms with Crippen molar-refractivity contribution in [2.45, 2.75) is 13.3 Å². The molecule has 0 saturated carbocycles. The minimum atomic E-state index is -0.512. The third-order valence-electron chi connectivity index (χ3n) is 5.20. The molecule has 0 spiro atoms. The number of nitrogens with zero attached hydrogens (tertiary/aromatic N) is 4. The molecule has 1 aromatic carbocycles. The summed E-state index contributed by atoms with van der Waals surface area (Å²) >= 11 is 0. The molecule has 4 rings (SSSR count). The highest BCUT2D eigenvalue weighted by atomic mass is 16.2. The Labute approximate surface area is 201 Å². The molecule has 0 atom stereocenters. The van der Waals surface area contributed by atoms with E-state index in [2.05, 4.69) is 31.7 Å². The first kappa shape index (κ1) is 23.1. The van der Waals surface area contributed by atoms with Crippen molar-refractivity contribution in [3.63, 3.8) is 0 Å². The number of nitrogen functional groups attached to an aromatic ring is 1. The quantitative estimate of drug-likeness (QED) is 0.369. The smallest absolute Gasteiger partial charge is 0.249 e. The van der Waals surface area contributed by atoms with Crippen molar-refractivity contribution < 1.29 is 9.59 Å². The molecule has 172 valence electrons. The van der Waals surface area contributed by atoms with Crippen LogP contribution >= 0.6 is 0 Å². The molecule has 0 aliphatic carbocycles. The third-order valence-corrected chi connectivity index (χ3v) is 5.20. The van der Waals surface area contributed by atoms with E-state index in [1.807, 2.05) is 19.1 Å². The number of benzene rings is 1. The predicted molar refractivity (Wildman–Crippen MR) is 134 cm³/mol. The number of carbonyl (C=O) groups excluding carboxylic acids is 2. The zero-order valence-corrected chi connectivity index (χ0v) is 18.8. The van der Waals surface area contributed by atoms with Gasteiger partial charge in [-0.2, -0.15) is 5.26 Å². The Balaban J connectivity index is 1.45. The highest BCUT2D eigenvalue weighted by Crippen LogP contribution is 2.28. The van der Waals surface area contributed by atoms with Gasteiger partial charge in [0.15, 0.2) is 0 Å². The van der Waals surface area contributed by atoms with E-state index in [1.54, 1.807) is 48.9 Å². The van der Waals surface area contributed by atoms with Gasteiger partial charge in [0, 0.05) is 47.4 Å². The average molecular weight is 464 g/mol. The first-order chi connectivity index (χ1) is 16.9. The van der Waals surface area contributed by atoms with E-state index in [1.165, 1.54) is 0 Å². The van der Waals surface area contributed by atoms with Crippen molar-refractivity contribution in [3.8, 4) is 17.3 Å². The van der Waals surface area contributed by atoms with Crippen LogP contribution in [0.25, 0.3) is 22.0 Å². The van der Waals surface area contributed by atoms with Crippen LogP contribution in [0.5, 0.6) is 0 Å². The van der Waals surface area contributed by atoms with E-state index in [0.29, 0.717) is 34.8 Å². The van der Waals surface area contributed by atoms with Crippen LogP contribution in [0.15, 0.2) is 73.2 Å². The normalized spacial score (nSPS) is 10.7. The van der Waals surface area contributed by atoms with Crippen LogP contribution in [0.4, 0.5) is 17.3 Å². The Bertz CT molecular complexity index is 1490. The van der Waals surface area contributed by atoms with Crippen LogP contribution < -0.4 is 16.4 Å². The molecule has 0 radical (unpaired) electrons. The standard InChI is InChI=1S/C26H21N7O2/c1-16-9-11-29-14-20(16)22-12-18-13-23(30-15-21(18)26(28)32-22)33-25(35)7-6-24(34)31-19-4-2-17(3-5-19)8-10-27/h2-7,9,11-15H,8H2,1H3,(H2,28,32)(H,31,34)(H,30,33,35)/b7-6+. The maximum absolute atomic E-state index is 12.3. The second-order valence-electron chi connectivity index (χ2n) is 7.72. The fourth-order valence-corrected chi connectivity index (χ4v) is 3.41. The molecule has 0 fully saturated rings. The Morgan fingerprint density at radius 3 is 2.51 bits per heavy atom. The first-order valence-electron chi connectivity index (χ1n) is 10.7. The molecular formula is C26H21N7O2. The maximum atomic E-state index is 12.3. The summed E-state index contributed by atoms with van der Waals surface area (Å²) in [6.07, 6.45) is 7.52. The van der Waals surface area contributed by atoms with Crippen molar-refractivity contribution in [3.05, 3.63) is 84.3 Å². The predicted octanol–water partition coefficient (Wildman–Crippen LogP) is 3.78. The van der Waals surface area contributed by atoms with E-state index < -0.39 is 11.8 Å². The number of nitrogens with two attached hydrogens (primary N) is 1. The monoisotopic (exact) mass is 463 g/mol. The Kier molecular flexibility index (Phi) is 6.74. The van der Waals surface area contributed by atoms with Gasteiger partial charge >= 0.3 is 0 Å². The molecule has 0 saturated heterocycles. The molecule has 4 N–H and O–H groups in total. The van der Waals surface area contributed by atoms with Crippen molar-refractivity contribution in [2.24, 2.45) is 0 Å². The summed E-state index contributed by atoms with van der Waals surface area (Å²) in [5, 5.41) is 15.4. The molecule has 3 heterocycles. The van der Waals surface area contributed by atoms with E-state index in [9.17, 15) is 9.59 Å². The minimum Gasteiger partial charge on any atom is -0.383 e. The fraction of sp³-hybridized carbons (Fsp3) is 0.0769. The summed E-state index contributed by atoms with van der Waals surface area (Å²) in [6, 6.07) is 14.4. The van der Waals surface area contributed by atoms with Gasteiger partial charge in [-0.05, 0) is 53.8 Å². The van der Waals surface area contributed by atoms with Gasteiger partial charge in [0.2, 0.25) is 11.8 Å². The van der Waals surface area contributed by atoms with Crippen LogP contribution in [-0.4, -0.2) is 26.8 Å². The number of pyridine rings is 3. The largest absolute Gasteiger partial charge is 0.383 e. The van der Waals surface area contributed by atoms with Crippen LogP contribution in [-0.2, 0) is 16.0 Å². The van der Waals surface area contributed by atoms with Gasteiger partial charge in [-0.25, -0.2) is 9.97 Å².